The summed E-state index contributed by atoms with van der Waals surface area (Å²) in [6, 6.07) is 5.31. The SMILES string of the molecule is COc1c(Cl)cccc1CNC(=O)NC[C@@H]1C[C@@H]2CC[C@H]1O2. The number of hydrogen-bond acceptors (Lipinski definition) is 3. The number of urea groups is 1. The number of nitrogens with one attached hydrogen (secondary N) is 2. The molecule has 0 saturated carbocycles. The van der Waals surface area contributed by atoms with Crippen molar-refractivity contribution < 1.29 is 14.3 Å². The van der Waals surface area contributed by atoms with E-state index in [1.54, 1.807) is 13.2 Å². The van der Waals surface area contributed by atoms with Gasteiger partial charge in [0.15, 0.2) is 0 Å². The molecule has 3 rings (SSSR count). The van der Waals surface area contributed by atoms with Gasteiger partial charge in [0.2, 0.25) is 0 Å². The second-order valence-corrected chi connectivity index (χ2v) is 6.27. The summed E-state index contributed by atoms with van der Waals surface area (Å²) in [6.45, 7) is 1.04. The van der Waals surface area contributed by atoms with Crippen molar-refractivity contribution in [3.05, 3.63) is 28.8 Å². The number of fused-ring (bicyclic) bond motifs is 2. The average Bonchev–Trinajstić information content (AvgIpc) is 3.13. The first kappa shape index (κ1) is 15.4. The zero-order valence-electron chi connectivity index (χ0n) is 12.6. The van der Waals surface area contributed by atoms with E-state index in [4.69, 9.17) is 21.1 Å². The van der Waals surface area contributed by atoms with E-state index in [9.17, 15) is 4.79 Å². The van der Waals surface area contributed by atoms with Gasteiger partial charge in [0.25, 0.3) is 0 Å². The summed E-state index contributed by atoms with van der Waals surface area (Å²) in [7, 11) is 1.57. The Kier molecular flexibility index (Phi) is 4.74. The van der Waals surface area contributed by atoms with Crippen LogP contribution in [0.2, 0.25) is 5.02 Å². The first-order valence-corrected chi connectivity index (χ1v) is 8.03. The minimum Gasteiger partial charge on any atom is -0.495 e. The summed E-state index contributed by atoms with van der Waals surface area (Å²) in [5, 5.41) is 6.31. The lowest BCUT2D eigenvalue weighted by atomic mass is 9.89. The number of halogens is 1. The van der Waals surface area contributed by atoms with Crippen LogP contribution in [-0.2, 0) is 11.3 Å². The molecule has 0 aromatic heterocycles. The molecule has 2 fully saturated rings. The van der Waals surface area contributed by atoms with Crippen LogP contribution in [0.25, 0.3) is 0 Å². The Morgan fingerprint density at radius 2 is 2.27 bits per heavy atom. The molecule has 5 nitrogen and oxygen atoms in total. The Labute approximate surface area is 135 Å². The number of methoxy groups -OCH3 is 1. The molecule has 2 heterocycles. The number of carbonyl (C=O) groups excluding carboxylic acids is 1. The minimum atomic E-state index is -0.176. The van der Waals surface area contributed by atoms with Gasteiger partial charge in [-0.2, -0.15) is 0 Å². The number of carbonyl (C=O) groups is 1. The summed E-state index contributed by atoms with van der Waals surface area (Å²) in [5.41, 5.74) is 0.855. The lowest BCUT2D eigenvalue weighted by molar-refractivity contribution is 0.0927. The van der Waals surface area contributed by atoms with Crippen molar-refractivity contribution in [3.8, 4) is 5.75 Å². The van der Waals surface area contributed by atoms with E-state index in [-0.39, 0.29) is 6.03 Å². The highest BCUT2D eigenvalue weighted by Gasteiger charge is 2.40. The van der Waals surface area contributed by atoms with Crippen LogP contribution < -0.4 is 15.4 Å². The molecule has 0 spiro atoms. The van der Waals surface area contributed by atoms with Gasteiger partial charge in [0, 0.05) is 24.6 Å². The van der Waals surface area contributed by atoms with Gasteiger partial charge in [-0.05, 0) is 25.3 Å². The number of ether oxygens (including phenoxy) is 2. The third-order valence-corrected chi connectivity index (χ3v) is 4.75. The fourth-order valence-electron chi connectivity index (χ4n) is 3.34. The van der Waals surface area contributed by atoms with Crippen molar-refractivity contribution >= 4 is 17.6 Å². The first-order valence-electron chi connectivity index (χ1n) is 7.66. The third kappa shape index (κ3) is 3.31. The van der Waals surface area contributed by atoms with Crippen molar-refractivity contribution in [1.82, 2.24) is 10.6 Å². The van der Waals surface area contributed by atoms with Crippen molar-refractivity contribution in [2.24, 2.45) is 5.92 Å². The second-order valence-electron chi connectivity index (χ2n) is 5.87. The Bertz CT molecular complexity index is 552. The number of benzene rings is 1. The van der Waals surface area contributed by atoms with Crippen LogP contribution in [0.15, 0.2) is 18.2 Å². The standard InChI is InChI=1S/C16H21ClN2O3/c1-21-15-10(3-2-4-13(15)17)8-18-16(20)19-9-11-7-12-5-6-14(11)22-12/h2-4,11-12,14H,5-9H2,1H3,(H2,18,19,20)/t11-,12-,14+/m0/s1. The lowest BCUT2D eigenvalue weighted by Gasteiger charge is -2.19. The van der Waals surface area contributed by atoms with Crippen molar-refractivity contribution in [3.63, 3.8) is 0 Å². The van der Waals surface area contributed by atoms with Crippen LogP contribution in [0, 0.1) is 5.92 Å². The van der Waals surface area contributed by atoms with Crippen LogP contribution in [-0.4, -0.2) is 31.9 Å². The van der Waals surface area contributed by atoms with Gasteiger partial charge in [-0.3, -0.25) is 0 Å². The van der Waals surface area contributed by atoms with E-state index in [1.807, 2.05) is 12.1 Å². The fourth-order valence-corrected chi connectivity index (χ4v) is 3.61. The molecule has 120 valence electrons. The highest BCUT2D eigenvalue weighted by molar-refractivity contribution is 6.32. The molecule has 0 aliphatic carbocycles. The number of amides is 2. The van der Waals surface area contributed by atoms with Crippen molar-refractivity contribution in [2.45, 2.75) is 38.0 Å². The molecule has 0 unspecified atom stereocenters. The molecule has 2 amide bonds. The van der Waals surface area contributed by atoms with E-state index in [1.165, 1.54) is 6.42 Å². The van der Waals surface area contributed by atoms with Gasteiger partial charge >= 0.3 is 6.03 Å². The number of rotatable bonds is 5. The summed E-state index contributed by atoms with van der Waals surface area (Å²) in [6.07, 6.45) is 4.10. The molecular formula is C16H21ClN2O3. The van der Waals surface area contributed by atoms with Crippen LogP contribution in [0.5, 0.6) is 5.75 Å². The smallest absolute Gasteiger partial charge is 0.315 e. The quantitative estimate of drug-likeness (QED) is 0.875. The van der Waals surface area contributed by atoms with Gasteiger partial charge in [-0.15, -0.1) is 0 Å². The molecule has 1 aromatic carbocycles. The molecule has 2 bridgehead atoms. The van der Waals surface area contributed by atoms with Crippen molar-refractivity contribution in [2.75, 3.05) is 13.7 Å². The van der Waals surface area contributed by atoms with Gasteiger partial charge in [-0.1, -0.05) is 23.7 Å². The maximum Gasteiger partial charge on any atom is 0.315 e. The van der Waals surface area contributed by atoms with Crippen LogP contribution in [0.4, 0.5) is 4.79 Å². The summed E-state index contributed by atoms with van der Waals surface area (Å²) >= 11 is 6.06. The molecule has 2 aliphatic rings. The molecular weight excluding hydrogens is 304 g/mol. The molecule has 3 atom stereocenters. The third-order valence-electron chi connectivity index (χ3n) is 4.45. The minimum absolute atomic E-state index is 0.176. The van der Waals surface area contributed by atoms with Gasteiger partial charge in [0.1, 0.15) is 5.75 Å². The van der Waals surface area contributed by atoms with E-state index in [0.717, 1.165) is 18.4 Å². The number of hydrogen-bond donors (Lipinski definition) is 2. The molecule has 0 radical (unpaired) electrons. The highest BCUT2D eigenvalue weighted by Crippen LogP contribution is 2.38. The lowest BCUT2D eigenvalue weighted by Crippen LogP contribution is -2.39. The summed E-state index contributed by atoms with van der Waals surface area (Å²) in [4.78, 5) is 11.9. The van der Waals surface area contributed by atoms with Crippen LogP contribution in [0.3, 0.4) is 0 Å². The molecule has 6 heteroatoms. The van der Waals surface area contributed by atoms with Crippen LogP contribution in [0.1, 0.15) is 24.8 Å². The van der Waals surface area contributed by atoms with Gasteiger partial charge < -0.3 is 20.1 Å². The summed E-state index contributed by atoms with van der Waals surface area (Å²) in [5.74, 6) is 1.05. The topological polar surface area (TPSA) is 59.6 Å². The Hall–Kier alpha value is -1.46. The summed E-state index contributed by atoms with van der Waals surface area (Å²) < 4.78 is 11.0. The Morgan fingerprint density at radius 3 is 2.95 bits per heavy atom. The Morgan fingerprint density at radius 1 is 1.41 bits per heavy atom. The maximum absolute atomic E-state index is 11.9. The van der Waals surface area contributed by atoms with Crippen molar-refractivity contribution in [1.29, 1.82) is 0 Å². The monoisotopic (exact) mass is 324 g/mol. The first-order chi connectivity index (χ1) is 10.7. The van der Waals surface area contributed by atoms with Crippen LogP contribution >= 0.6 is 11.6 Å². The number of para-hydroxylation sites is 1. The fraction of sp³-hybridized carbons (Fsp3) is 0.562. The average molecular weight is 325 g/mol. The van der Waals surface area contributed by atoms with E-state index >= 15 is 0 Å². The Balaban J connectivity index is 1.45. The zero-order chi connectivity index (χ0) is 15.5. The molecule has 2 saturated heterocycles. The second kappa shape index (κ2) is 6.75. The molecule has 2 N–H and O–H groups in total. The largest absolute Gasteiger partial charge is 0.495 e. The van der Waals surface area contributed by atoms with E-state index < -0.39 is 0 Å². The molecule has 2 aliphatic heterocycles. The van der Waals surface area contributed by atoms with E-state index in [0.29, 0.717) is 42.0 Å². The van der Waals surface area contributed by atoms with Gasteiger partial charge in [0.05, 0.1) is 24.3 Å². The predicted octanol–water partition coefficient (Wildman–Crippen LogP) is 2.72. The normalized spacial score (nSPS) is 26.0. The van der Waals surface area contributed by atoms with E-state index in [2.05, 4.69) is 10.6 Å². The molecule has 22 heavy (non-hydrogen) atoms. The predicted molar refractivity (Wildman–Crippen MR) is 84.2 cm³/mol. The zero-order valence-corrected chi connectivity index (χ0v) is 13.4. The highest BCUT2D eigenvalue weighted by atomic mass is 35.5. The molecule has 1 aromatic rings. The maximum atomic E-state index is 11.9. The van der Waals surface area contributed by atoms with Gasteiger partial charge in [-0.25, -0.2) is 4.79 Å².